The Morgan fingerprint density at radius 2 is 1.70 bits per heavy atom. The van der Waals surface area contributed by atoms with E-state index in [2.05, 4.69) is 15.6 Å². The van der Waals surface area contributed by atoms with E-state index in [-0.39, 0.29) is 19.6 Å². The van der Waals surface area contributed by atoms with Crippen LogP contribution in [0.2, 0.25) is 0 Å². The van der Waals surface area contributed by atoms with E-state index in [1.54, 1.807) is 16.0 Å². The molecule has 2 saturated heterocycles. The summed E-state index contributed by atoms with van der Waals surface area (Å²) in [7, 11) is 2.46. The summed E-state index contributed by atoms with van der Waals surface area (Å²) in [6.07, 6.45) is -12.8. The van der Waals surface area contributed by atoms with Gasteiger partial charge in [-0.1, -0.05) is 5.21 Å². The van der Waals surface area contributed by atoms with Crippen LogP contribution < -0.4 is 5.32 Å². The maximum Gasteiger partial charge on any atom is 0.335 e. The van der Waals surface area contributed by atoms with E-state index in [4.69, 9.17) is 33.2 Å². The number of hydrogen-bond acceptors (Lipinski definition) is 16. The molecule has 1 amide bonds. The van der Waals surface area contributed by atoms with Crippen LogP contribution in [0, 0.1) is 0 Å². The second-order valence-electron chi connectivity index (χ2n) is 10.8. The average Bonchev–Trinajstić information content (AvgIpc) is 3.76. The molecule has 4 heterocycles. The molecule has 0 spiro atoms. The number of carbonyl (C=O) groups is 2. The van der Waals surface area contributed by atoms with Gasteiger partial charge in [-0.3, -0.25) is 4.79 Å². The lowest BCUT2D eigenvalue weighted by molar-refractivity contribution is -0.302. The normalized spacial score (nSPS) is 31.1. The summed E-state index contributed by atoms with van der Waals surface area (Å²) >= 11 is 1.59. The number of carboxylic acid groups (broad SMARTS) is 1. The first-order valence-electron chi connectivity index (χ1n) is 14.9. The van der Waals surface area contributed by atoms with Crippen molar-refractivity contribution in [3.8, 4) is 11.3 Å². The van der Waals surface area contributed by atoms with E-state index >= 15 is 0 Å². The van der Waals surface area contributed by atoms with Crippen LogP contribution in [0.3, 0.4) is 0 Å². The van der Waals surface area contributed by atoms with Crippen LogP contribution in [0.15, 0.2) is 23.0 Å². The molecule has 0 aromatic carbocycles. The van der Waals surface area contributed by atoms with Gasteiger partial charge in [0.1, 0.15) is 48.4 Å². The van der Waals surface area contributed by atoms with Gasteiger partial charge in [0.25, 0.3) is 0 Å². The lowest BCUT2D eigenvalue weighted by atomic mass is 9.93. The number of carboxylic acids is 1. The number of aliphatic hydroxyl groups is 4. The predicted molar refractivity (Wildman–Crippen MR) is 159 cm³/mol. The third kappa shape index (κ3) is 9.94. The molecule has 18 nitrogen and oxygen atoms in total. The smallest absolute Gasteiger partial charge is 0.335 e. The van der Waals surface area contributed by atoms with Crippen LogP contribution in [0.25, 0.3) is 11.3 Å². The van der Waals surface area contributed by atoms with Crippen molar-refractivity contribution < 1.29 is 68.3 Å². The molecule has 2 aromatic rings. The summed E-state index contributed by atoms with van der Waals surface area (Å²) in [6, 6.07) is 1.98. The first-order valence-corrected chi connectivity index (χ1v) is 15.9. The van der Waals surface area contributed by atoms with Crippen LogP contribution in [0.4, 0.5) is 0 Å². The molecule has 19 heteroatoms. The number of aliphatic carboxylic acids is 1. The first kappa shape index (κ1) is 37.2. The molecule has 0 radical (unpaired) electrons. The molecule has 2 aliphatic heterocycles. The van der Waals surface area contributed by atoms with Crippen LogP contribution in [-0.4, -0.2) is 167 Å². The van der Waals surface area contributed by atoms with Crippen molar-refractivity contribution >= 4 is 23.2 Å². The molecule has 2 aromatic heterocycles. The minimum Gasteiger partial charge on any atom is -0.479 e. The second kappa shape index (κ2) is 18.2. The zero-order valence-electron chi connectivity index (χ0n) is 25.9. The lowest BCUT2D eigenvalue weighted by Gasteiger charge is -2.44. The molecule has 10 unspecified atom stereocenters. The number of nitrogens with zero attached hydrogens (tertiary/aromatic N) is 3. The molecule has 47 heavy (non-hydrogen) atoms. The van der Waals surface area contributed by atoms with Crippen LogP contribution in [0.1, 0.15) is 6.42 Å². The Morgan fingerprint density at radius 3 is 2.38 bits per heavy atom. The highest BCUT2D eigenvalue weighted by Crippen LogP contribution is 2.29. The topological polar surface area (TPSA) is 243 Å². The Balaban J connectivity index is 1.14. The summed E-state index contributed by atoms with van der Waals surface area (Å²) in [5.74, 6) is -1.92. The van der Waals surface area contributed by atoms with Crippen molar-refractivity contribution in [2.24, 2.45) is 0 Å². The van der Waals surface area contributed by atoms with Crippen molar-refractivity contribution in [2.45, 2.75) is 74.2 Å². The van der Waals surface area contributed by atoms with Gasteiger partial charge in [0, 0.05) is 31.7 Å². The Labute approximate surface area is 274 Å². The highest BCUT2D eigenvalue weighted by molar-refractivity contribution is 7.08. The van der Waals surface area contributed by atoms with Crippen LogP contribution in [0.5, 0.6) is 0 Å². The number of hydrogen-bond donors (Lipinski definition) is 6. The van der Waals surface area contributed by atoms with E-state index in [1.807, 2.05) is 23.0 Å². The zero-order valence-corrected chi connectivity index (χ0v) is 26.7. The molecule has 264 valence electrons. The number of amides is 1. The largest absolute Gasteiger partial charge is 0.479 e. The number of ether oxygens (including phenoxy) is 7. The Morgan fingerprint density at radius 1 is 0.957 bits per heavy atom. The maximum atomic E-state index is 12.6. The quantitative estimate of drug-likeness (QED) is 0.0894. The molecule has 10 atom stereocenters. The SMILES string of the molecule is COC1OC(C(=O)O)C(OCC2OC(CC(=O)NCCOCCOCCn3cc(-c4ccsc4)nn3)C(OC)C(O)C2O)C(O)C1O. The van der Waals surface area contributed by atoms with Crippen molar-refractivity contribution in [1.82, 2.24) is 20.3 Å². The second-order valence-corrected chi connectivity index (χ2v) is 11.6. The average molecular weight is 691 g/mol. The number of methoxy groups -OCH3 is 2. The summed E-state index contributed by atoms with van der Waals surface area (Å²) in [4.78, 5) is 24.4. The number of nitrogens with one attached hydrogen (secondary N) is 1. The minimum absolute atomic E-state index is 0.187. The van der Waals surface area contributed by atoms with E-state index in [0.717, 1.165) is 11.3 Å². The lowest BCUT2D eigenvalue weighted by Crippen LogP contribution is -2.63. The van der Waals surface area contributed by atoms with Gasteiger partial charge >= 0.3 is 5.97 Å². The van der Waals surface area contributed by atoms with Crippen molar-refractivity contribution in [1.29, 1.82) is 0 Å². The monoisotopic (exact) mass is 690 g/mol. The Kier molecular flexibility index (Phi) is 14.4. The Hall–Kier alpha value is -2.66. The number of aliphatic hydroxyl groups excluding tert-OH is 4. The van der Waals surface area contributed by atoms with E-state index < -0.39 is 79.7 Å². The summed E-state index contributed by atoms with van der Waals surface area (Å²) in [6.45, 7) is 1.50. The zero-order chi connectivity index (χ0) is 33.9. The first-order chi connectivity index (χ1) is 22.6. The number of thiophene rings is 1. The highest BCUT2D eigenvalue weighted by atomic mass is 32.1. The maximum absolute atomic E-state index is 12.6. The molecule has 0 saturated carbocycles. The molecular formula is C28H42N4O14S. The molecule has 2 aliphatic rings. The van der Waals surface area contributed by atoms with Gasteiger partial charge in [0.15, 0.2) is 12.4 Å². The minimum atomic E-state index is -1.72. The van der Waals surface area contributed by atoms with Crippen molar-refractivity contribution in [3.05, 3.63) is 23.0 Å². The van der Waals surface area contributed by atoms with Crippen molar-refractivity contribution in [2.75, 3.05) is 53.8 Å². The van der Waals surface area contributed by atoms with Gasteiger partial charge in [-0.2, -0.15) is 11.3 Å². The van der Waals surface area contributed by atoms with Gasteiger partial charge < -0.3 is 64.0 Å². The highest BCUT2D eigenvalue weighted by Gasteiger charge is 2.50. The summed E-state index contributed by atoms with van der Waals surface area (Å²) in [5.41, 5.74) is 1.82. The summed E-state index contributed by atoms with van der Waals surface area (Å²) in [5, 5.41) is 66.3. The van der Waals surface area contributed by atoms with E-state index in [0.29, 0.717) is 26.4 Å². The fourth-order valence-electron chi connectivity index (χ4n) is 5.18. The molecule has 0 aliphatic carbocycles. The fourth-order valence-corrected chi connectivity index (χ4v) is 5.83. The van der Waals surface area contributed by atoms with Gasteiger partial charge in [-0.05, 0) is 11.4 Å². The molecule has 0 bridgehead atoms. The fraction of sp³-hybridized carbons (Fsp3) is 0.714. The number of rotatable bonds is 18. The number of aromatic nitrogens is 3. The molecule has 4 rings (SSSR count). The Bertz CT molecular complexity index is 1240. The van der Waals surface area contributed by atoms with Crippen molar-refractivity contribution in [3.63, 3.8) is 0 Å². The third-order valence-corrected chi connectivity index (χ3v) is 8.36. The molecule has 2 fully saturated rings. The molecule has 6 N–H and O–H groups in total. The third-order valence-electron chi connectivity index (χ3n) is 7.68. The molecular weight excluding hydrogens is 648 g/mol. The van der Waals surface area contributed by atoms with Gasteiger partial charge in [-0.25, -0.2) is 9.48 Å². The predicted octanol–water partition coefficient (Wildman–Crippen LogP) is -2.39. The number of carbonyl (C=O) groups excluding carboxylic acids is 1. The van der Waals surface area contributed by atoms with Crippen LogP contribution in [-0.2, 0) is 49.3 Å². The van der Waals surface area contributed by atoms with E-state index in [1.165, 1.54) is 14.2 Å². The van der Waals surface area contributed by atoms with Gasteiger partial charge in [0.2, 0.25) is 5.91 Å². The van der Waals surface area contributed by atoms with Crippen LogP contribution >= 0.6 is 11.3 Å². The van der Waals surface area contributed by atoms with Gasteiger partial charge in [-0.15, -0.1) is 5.10 Å². The standard InChI is InChI=1S/C28H42N4O14S/c1-40-24-17(45-18(20(34)21(24)35)13-44-25-22(36)23(37)28(41-2)46-26(25)27(38)39)11-19(33)29-4-6-42-8-9-43-7-5-32-12-16(30-31-32)15-3-10-47-14-15/h3,10,12,14,17-18,20-26,28,34-37H,4-9,11,13H2,1-2H3,(H,29,33)(H,38,39). The summed E-state index contributed by atoms with van der Waals surface area (Å²) < 4.78 is 39.5. The van der Waals surface area contributed by atoms with Gasteiger partial charge in [0.05, 0.1) is 58.3 Å². The van der Waals surface area contributed by atoms with E-state index in [9.17, 15) is 35.1 Å².